The molecule has 2 amide bonds. The van der Waals surface area contributed by atoms with Crippen LogP contribution in [0.5, 0.6) is 0 Å². The first-order valence-electron chi connectivity index (χ1n) is 9.50. The number of thiocarbonyl (C=S) groups is 1. The maximum absolute atomic E-state index is 12.4. The molecule has 30 heavy (non-hydrogen) atoms. The molecule has 1 aromatic carbocycles. The third-order valence-corrected chi connectivity index (χ3v) is 5.75. The Morgan fingerprint density at radius 2 is 2.10 bits per heavy atom. The van der Waals surface area contributed by atoms with Crippen LogP contribution < -0.4 is 10.6 Å². The Kier molecular flexibility index (Phi) is 6.25. The monoisotopic (exact) mass is 437 g/mol. The van der Waals surface area contributed by atoms with Gasteiger partial charge in [-0.1, -0.05) is 54.3 Å². The van der Waals surface area contributed by atoms with Crippen LogP contribution in [-0.2, 0) is 22.4 Å². The molecule has 0 bridgehead atoms. The Morgan fingerprint density at radius 1 is 1.27 bits per heavy atom. The lowest BCUT2D eigenvalue weighted by molar-refractivity contribution is -0.120. The molecule has 3 heterocycles. The molecule has 1 fully saturated rings. The molecule has 0 spiro atoms. The Labute approximate surface area is 183 Å². The van der Waals surface area contributed by atoms with Gasteiger partial charge in [0.25, 0.3) is 5.91 Å². The molecule has 4 rings (SSSR count). The number of thioether (sulfide) groups is 1. The van der Waals surface area contributed by atoms with Crippen molar-refractivity contribution in [1.29, 1.82) is 0 Å². The number of hydrogen-bond donors (Lipinski definition) is 2. The molecule has 2 N–H and O–H groups in total. The van der Waals surface area contributed by atoms with Crippen molar-refractivity contribution in [2.45, 2.75) is 19.3 Å². The summed E-state index contributed by atoms with van der Waals surface area (Å²) in [5.41, 5.74) is 2.56. The van der Waals surface area contributed by atoms with Gasteiger partial charge in [0.05, 0.1) is 11.3 Å². The molecule has 8 heteroatoms. The first-order chi connectivity index (χ1) is 14.6. The van der Waals surface area contributed by atoms with Crippen molar-refractivity contribution >= 4 is 57.2 Å². The highest BCUT2D eigenvalue weighted by molar-refractivity contribution is 8.26. The number of aromatic nitrogens is 1. The number of carbonyl (C=O) groups excluding carboxylic acids is 2. The SMILES string of the molecule is O=C(Cc1cncc2cc(/C=C3\SC(=S)NC3=O)oc12)NCCCc1ccccc1. The number of hydrogen-bond acceptors (Lipinski definition) is 6. The number of carbonyl (C=O) groups is 2. The zero-order valence-electron chi connectivity index (χ0n) is 16.0. The van der Waals surface area contributed by atoms with Crippen molar-refractivity contribution in [2.24, 2.45) is 0 Å². The van der Waals surface area contributed by atoms with E-state index < -0.39 is 0 Å². The highest BCUT2D eigenvalue weighted by Gasteiger charge is 2.23. The molecule has 0 aliphatic carbocycles. The van der Waals surface area contributed by atoms with Gasteiger partial charge in [0.15, 0.2) is 0 Å². The summed E-state index contributed by atoms with van der Waals surface area (Å²) in [5.74, 6) is 0.202. The molecule has 0 atom stereocenters. The fourth-order valence-corrected chi connectivity index (χ4v) is 4.21. The quantitative estimate of drug-likeness (QED) is 0.334. The van der Waals surface area contributed by atoms with E-state index in [1.165, 1.54) is 17.3 Å². The van der Waals surface area contributed by atoms with Gasteiger partial charge in [0.2, 0.25) is 5.91 Å². The molecule has 3 aromatic rings. The van der Waals surface area contributed by atoms with Crippen LogP contribution in [0, 0.1) is 0 Å². The molecule has 1 aliphatic rings. The number of amides is 2. The van der Waals surface area contributed by atoms with Crippen LogP contribution in [0.1, 0.15) is 23.3 Å². The van der Waals surface area contributed by atoms with E-state index in [9.17, 15) is 9.59 Å². The largest absolute Gasteiger partial charge is 0.456 e. The molecule has 2 aromatic heterocycles. The average Bonchev–Trinajstić information content (AvgIpc) is 3.29. The van der Waals surface area contributed by atoms with Crippen LogP contribution in [0.15, 0.2) is 58.1 Å². The Hall–Kier alpha value is -2.97. The van der Waals surface area contributed by atoms with Crippen molar-refractivity contribution in [1.82, 2.24) is 15.6 Å². The maximum Gasteiger partial charge on any atom is 0.263 e. The van der Waals surface area contributed by atoms with Crippen LogP contribution in [0.2, 0.25) is 0 Å². The van der Waals surface area contributed by atoms with E-state index >= 15 is 0 Å². The first-order valence-corrected chi connectivity index (χ1v) is 10.7. The molecule has 6 nitrogen and oxygen atoms in total. The predicted octanol–water partition coefficient (Wildman–Crippen LogP) is 3.61. The van der Waals surface area contributed by atoms with Crippen LogP contribution in [-0.4, -0.2) is 27.7 Å². The van der Waals surface area contributed by atoms with E-state index in [1.54, 1.807) is 24.5 Å². The number of rotatable bonds is 7. The number of pyridine rings is 1. The van der Waals surface area contributed by atoms with Crippen molar-refractivity contribution in [3.8, 4) is 0 Å². The van der Waals surface area contributed by atoms with Crippen molar-refractivity contribution in [3.63, 3.8) is 0 Å². The third kappa shape index (κ3) is 4.95. The highest BCUT2D eigenvalue weighted by Crippen LogP contribution is 2.29. The maximum atomic E-state index is 12.4. The standard InChI is InChI=1S/C22H19N3O3S2/c26-19(24-8-4-7-14-5-2-1-3-6-14)10-16-13-23-12-15-9-17(28-20(15)16)11-18-21(27)25-22(29)30-18/h1-3,5-6,9,11-13H,4,7-8,10H2,(H,24,26)(H,25,27,29)/b18-11-. The average molecular weight is 438 g/mol. The molecule has 0 radical (unpaired) electrons. The van der Waals surface area contributed by atoms with Gasteiger partial charge >= 0.3 is 0 Å². The lowest BCUT2D eigenvalue weighted by atomic mass is 10.1. The zero-order chi connectivity index (χ0) is 20.9. The van der Waals surface area contributed by atoms with Crippen LogP contribution in [0.4, 0.5) is 0 Å². The topological polar surface area (TPSA) is 84.2 Å². The van der Waals surface area contributed by atoms with Crippen LogP contribution >= 0.6 is 24.0 Å². The predicted molar refractivity (Wildman–Crippen MR) is 122 cm³/mol. The van der Waals surface area contributed by atoms with E-state index in [0.29, 0.717) is 32.7 Å². The highest BCUT2D eigenvalue weighted by atomic mass is 32.2. The minimum Gasteiger partial charge on any atom is -0.456 e. The third-order valence-electron chi connectivity index (χ3n) is 4.59. The lowest BCUT2D eigenvalue weighted by Gasteiger charge is -2.06. The van der Waals surface area contributed by atoms with Gasteiger partial charge in [0.1, 0.15) is 15.7 Å². The number of aryl methyl sites for hydroxylation is 1. The summed E-state index contributed by atoms with van der Waals surface area (Å²) >= 11 is 6.19. The van der Waals surface area contributed by atoms with Gasteiger partial charge in [0, 0.05) is 36.0 Å². The van der Waals surface area contributed by atoms with Gasteiger partial charge in [-0.15, -0.1) is 0 Å². The Morgan fingerprint density at radius 3 is 2.87 bits per heavy atom. The molecule has 1 aliphatic heterocycles. The minimum absolute atomic E-state index is 0.0789. The summed E-state index contributed by atoms with van der Waals surface area (Å²) in [6.07, 6.45) is 6.93. The fraction of sp³-hybridized carbons (Fsp3) is 0.182. The molecular formula is C22H19N3O3S2. The number of nitrogens with zero attached hydrogens (tertiary/aromatic N) is 1. The minimum atomic E-state index is -0.237. The Bertz CT molecular complexity index is 1140. The normalized spacial score (nSPS) is 15.0. The summed E-state index contributed by atoms with van der Waals surface area (Å²) in [5, 5.41) is 6.30. The zero-order valence-corrected chi connectivity index (χ0v) is 17.6. The molecule has 152 valence electrons. The molecule has 0 unspecified atom stereocenters. The summed E-state index contributed by atoms with van der Waals surface area (Å²) in [6, 6.07) is 12.0. The van der Waals surface area contributed by atoms with Gasteiger partial charge in [-0.2, -0.15) is 0 Å². The summed E-state index contributed by atoms with van der Waals surface area (Å²) in [4.78, 5) is 28.9. The van der Waals surface area contributed by atoms with E-state index in [4.69, 9.17) is 16.6 Å². The number of fused-ring (bicyclic) bond motifs is 1. The van der Waals surface area contributed by atoms with Crippen molar-refractivity contribution in [3.05, 3.63) is 70.6 Å². The number of nitrogens with one attached hydrogen (secondary N) is 2. The number of benzene rings is 1. The summed E-state index contributed by atoms with van der Waals surface area (Å²) in [7, 11) is 0. The second kappa shape index (κ2) is 9.23. The van der Waals surface area contributed by atoms with Crippen molar-refractivity contribution in [2.75, 3.05) is 6.54 Å². The Balaban J connectivity index is 1.38. The van der Waals surface area contributed by atoms with Gasteiger partial charge in [-0.05, 0) is 24.5 Å². The van der Waals surface area contributed by atoms with Gasteiger partial charge in [-0.3, -0.25) is 14.6 Å². The molecule has 0 saturated carbocycles. The van der Waals surface area contributed by atoms with Crippen LogP contribution in [0.3, 0.4) is 0 Å². The summed E-state index contributed by atoms with van der Waals surface area (Å²) < 4.78 is 6.32. The molecular weight excluding hydrogens is 418 g/mol. The fourth-order valence-electron chi connectivity index (χ4n) is 3.19. The van der Waals surface area contributed by atoms with E-state index in [2.05, 4.69) is 27.8 Å². The number of furan rings is 1. The second-order valence-corrected chi connectivity index (χ2v) is 8.55. The first kappa shape index (κ1) is 20.3. The van der Waals surface area contributed by atoms with Gasteiger partial charge in [-0.25, -0.2) is 0 Å². The van der Waals surface area contributed by atoms with Crippen LogP contribution in [0.25, 0.3) is 17.0 Å². The van der Waals surface area contributed by atoms with E-state index in [1.807, 2.05) is 18.2 Å². The van der Waals surface area contributed by atoms with E-state index in [0.717, 1.165) is 18.2 Å². The van der Waals surface area contributed by atoms with E-state index in [-0.39, 0.29) is 18.2 Å². The second-order valence-electron chi connectivity index (χ2n) is 6.83. The lowest BCUT2D eigenvalue weighted by Crippen LogP contribution is -2.26. The van der Waals surface area contributed by atoms with Crippen molar-refractivity contribution < 1.29 is 14.0 Å². The molecule has 1 saturated heterocycles. The van der Waals surface area contributed by atoms with Gasteiger partial charge < -0.3 is 15.1 Å². The smallest absolute Gasteiger partial charge is 0.263 e. The summed E-state index contributed by atoms with van der Waals surface area (Å²) in [6.45, 7) is 0.610.